The number of aliphatic hydroxyl groups is 1. The molecule has 2 N–H and O–H groups in total. The van der Waals surface area contributed by atoms with Crippen molar-refractivity contribution in [3.8, 4) is 23.0 Å². The Balaban J connectivity index is 0.888. The first-order valence-corrected chi connectivity index (χ1v) is 32.0. The van der Waals surface area contributed by atoms with E-state index in [1.807, 2.05) is 58.2 Å². The van der Waals surface area contributed by atoms with Gasteiger partial charge in [-0.3, -0.25) is 33.8 Å². The monoisotopic (exact) mass is 1360 g/mol. The molecule has 3 aromatic rings. The molecule has 0 radical (unpaired) electrons. The molecule has 4 heterocycles. The summed E-state index contributed by atoms with van der Waals surface area (Å²) in [6.07, 6.45) is 12.9. The Morgan fingerprint density at radius 1 is 0.689 bits per heavy atom. The van der Waals surface area contributed by atoms with Gasteiger partial charge in [-0.15, -0.1) is 0 Å². The SMILES string of the molecule is C/C=C/C1=CN2C(=O)c3cc(OC)c(OCCCOc4cc5c(cc4OC)C(=O)N4C=C(/C=C/C)C[C@H]4[C@H](O)N5C(=O)OCc4ccc(CC(=O)[C@H](C)NC(=O)[C@@H](CC(=O)CCOCCOCCOCCOCCCC(=O)CI)C(C)C)cc4)cc3N=C[C@@H]2C1. The van der Waals surface area contributed by atoms with E-state index in [9.17, 15) is 38.7 Å². The molecule has 5 atom stereocenters. The third kappa shape index (κ3) is 19.4. The fourth-order valence-electron chi connectivity index (χ4n) is 10.5. The molecule has 4 aliphatic rings. The van der Waals surface area contributed by atoms with E-state index in [0.29, 0.717) is 110 Å². The Kier molecular flexibility index (Phi) is 27.6. The summed E-state index contributed by atoms with van der Waals surface area (Å²) in [7, 11) is 2.92. The lowest BCUT2D eigenvalue weighted by Crippen LogP contribution is -2.50. The molecule has 4 aliphatic heterocycles. The number of ketones is 3. The molecular formula is C67H84IN5O17. The number of benzene rings is 3. The number of hydrogen-bond acceptors (Lipinski definition) is 18. The number of halogens is 1. The van der Waals surface area contributed by atoms with Crippen molar-refractivity contribution in [2.75, 3.05) is 89.6 Å². The zero-order valence-electron chi connectivity index (χ0n) is 52.4. The van der Waals surface area contributed by atoms with E-state index in [2.05, 4.69) is 32.9 Å². The largest absolute Gasteiger partial charge is 0.493 e. The van der Waals surface area contributed by atoms with Crippen LogP contribution in [-0.4, -0.2) is 171 Å². The van der Waals surface area contributed by atoms with E-state index in [1.54, 1.807) is 60.6 Å². The highest BCUT2D eigenvalue weighted by Gasteiger charge is 2.45. The summed E-state index contributed by atoms with van der Waals surface area (Å²) >= 11 is 2.06. The Morgan fingerprint density at radius 2 is 1.27 bits per heavy atom. The molecule has 486 valence electrons. The van der Waals surface area contributed by atoms with Gasteiger partial charge in [0.25, 0.3) is 11.8 Å². The lowest BCUT2D eigenvalue weighted by Gasteiger charge is -2.31. The number of ether oxygens (including phenoxy) is 9. The second-order valence-electron chi connectivity index (χ2n) is 22.3. The van der Waals surface area contributed by atoms with E-state index in [0.717, 1.165) is 16.0 Å². The Morgan fingerprint density at radius 3 is 1.89 bits per heavy atom. The number of amides is 4. The molecule has 0 unspecified atom stereocenters. The smallest absolute Gasteiger partial charge is 0.416 e. The normalized spacial score (nSPS) is 17.5. The number of carbonyl (C=O) groups excluding carboxylic acids is 7. The Labute approximate surface area is 540 Å². The average molecular weight is 1360 g/mol. The topological polar surface area (TPSA) is 257 Å². The summed E-state index contributed by atoms with van der Waals surface area (Å²) in [6, 6.07) is 11.2. The molecule has 23 heteroatoms. The maximum absolute atomic E-state index is 14.4. The molecule has 0 saturated heterocycles. The zero-order valence-corrected chi connectivity index (χ0v) is 54.6. The third-order valence-corrected chi connectivity index (χ3v) is 16.3. The predicted octanol–water partition coefficient (Wildman–Crippen LogP) is 9.18. The van der Waals surface area contributed by atoms with Crippen LogP contribution in [0.5, 0.6) is 23.0 Å². The van der Waals surface area contributed by atoms with Gasteiger partial charge in [-0.2, -0.15) is 0 Å². The molecule has 0 spiro atoms. The van der Waals surface area contributed by atoms with Crippen LogP contribution in [0.1, 0.15) is 111 Å². The summed E-state index contributed by atoms with van der Waals surface area (Å²) < 4.78 is 52.2. The molecule has 0 saturated carbocycles. The molecule has 7 rings (SSSR count). The summed E-state index contributed by atoms with van der Waals surface area (Å²) in [6.45, 7) is 12.1. The number of aliphatic hydroxyl groups excluding tert-OH is 1. The molecular weight excluding hydrogens is 1270 g/mol. The first-order chi connectivity index (χ1) is 43.5. The number of rotatable bonds is 37. The van der Waals surface area contributed by atoms with Gasteiger partial charge in [-0.25, -0.2) is 9.69 Å². The number of aliphatic imine (C=N–C) groups is 1. The minimum atomic E-state index is -1.56. The van der Waals surface area contributed by atoms with Gasteiger partial charge in [0, 0.05) is 75.4 Å². The van der Waals surface area contributed by atoms with Gasteiger partial charge in [0.15, 0.2) is 35.0 Å². The number of methoxy groups -OCH3 is 2. The van der Waals surface area contributed by atoms with Gasteiger partial charge >= 0.3 is 6.09 Å². The van der Waals surface area contributed by atoms with Gasteiger partial charge in [-0.05, 0) is 80.4 Å². The lowest BCUT2D eigenvalue weighted by molar-refractivity contribution is -0.133. The van der Waals surface area contributed by atoms with E-state index in [1.165, 1.54) is 31.3 Å². The number of nitrogens with one attached hydrogen (secondary N) is 1. The number of alkyl halides is 1. The molecule has 0 aromatic heterocycles. The quantitative estimate of drug-likeness (QED) is 0.0310. The highest BCUT2D eigenvalue weighted by atomic mass is 127. The van der Waals surface area contributed by atoms with Crippen molar-refractivity contribution in [3.63, 3.8) is 0 Å². The fraction of sp³-hybridized carbons (Fsp3) is 0.493. The maximum atomic E-state index is 14.4. The highest BCUT2D eigenvalue weighted by molar-refractivity contribution is 14.1. The molecule has 0 fully saturated rings. The molecule has 0 aliphatic carbocycles. The van der Waals surface area contributed by atoms with Crippen molar-refractivity contribution in [3.05, 3.63) is 119 Å². The second-order valence-corrected chi connectivity index (χ2v) is 23.1. The third-order valence-electron chi connectivity index (χ3n) is 15.5. The highest BCUT2D eigenvalue weighted by Crippen LogP contribution is 2.43. The van der Waals surface area contributed by atoms with Crippen molar-refractivity contribution in [1.82, 2.24) is 15.1 Å². The number of nitrogens with zero attached hydrogens (tertiary/aromatic N) is 4. The van der Waals surface area contributed by atoms with Crippen molar-refractivity contribution < 1.29 is 81.3 Å². The van der Waals surface area contributed by atoms with Crippen LogP contribution < -0.4 is 29.2 Å². The summed E-state index contributed by atoms with van der Waals surface area (Å²) in [5.74, 6) is -0.923. The van der Waals surface area contributed by atoms with Crippen molar-refractivity contribution in [2.24, 2.45) is 16.8 Å². The van der Waals surface area contributed by atoms with Gasteiger partial charge in [-0.1, -0.05) is 85.0 Å². The van der Waals surface area contributed by atoms with E-state index in [4.69, 9.17) is 42.6 Å². The number of fused-ring (bicyclic) bond motifs is 4. The molecule has 4 amide bonds. The number of hydrogen-bond donors (Lipinski definition) is 2. The van der Waals surface area contributed by atoms with Crippen LogP contribution in [-0.2, 0) is 55.9 Å². The molecule has 0 bridgehead atoms. The van der Waals surface area contributed by atoms with E-state index < -0.39 is 42.1 Å². The zero-order chi connectivity index (χ0) is 64.7. The van der Waals surface area contributed by atoms with Crippen molar-refractivity contribution in [2.45, 2.75) is 117 Å². The summed E-state index contributed by atoms with van der Waals surface area (Å²) in [5, 5.41) is 14.9. The lowest BCUT2D eigenvalue weighted by atomic mass is 9.88. The Bertz CT molecular complexity index is 3160. The van der Waals surface area contributed by atoms with Crippen LogP contribution in [0.4, 0.5) is 16.2 Å². The number of carbonyl (C=O) groups is 7. The van der Waals surface area contributed by atoms with Crippen LogP contribution in [0, 0.1) is 11.8 Å². The minimum Gasteiger partial charge on any atom is -0.493 e. The van der Waals surface area contributed by atoms with Gasteiger partial charge in [0.2, 0.25) is 5.91 Å². The second kappa shape index (κ2) is 35.3. The number of Topliss-reactive ketones (excluding diaryl/α,β-unsaturated/α-hetero) is 3. The Hall–Kier alpha value is -7.29. The first-order valence-electron chi connectivity index (χ1n) is 30.5. The van der Waals surface area contributed by atoms with Gasteiger partial charge in [0.1, 0.15) is 18.2 Å². The van der Waals surface area contributed by atoms with Gasteiger partial charge < -0.3 is 62.9 Å². The van der Waals surface area contributed by atoms with Crippen molar-refractivity contribution in [1.29, 1.82) is 0 Å². The number of allylic oxidation sites excluding steroid dienone is 4. The van der Waals surface area contributed by atoms with E-state index >= 15 is 0 Å². The molecule has 3 aromatic carbocycles. The summed E-state index contributed by atoms with van der Waals surface area (Å²) in [4.78, 5) is 102. The maximum Gasteiger partial charge on any atom is 0.416 e. The van der Waals surface area contributed by atoms with E-state index in [-0.39, 0.29) is 110 Å². The van der Waals surface area contributed by atoms with Crippen molar-refractivity contribution >= 4 is 81.3 Å². The van der Waals surface area contributed by atoms with Crippen LogP contribution in [0.3, 0.4) is 0 Å². The van der Waals surface area contributed by atoms with Crippen LogP contribution in [0.25, 0.3) is 0 Å². The average Bonchev–Trinajstić information content (AvgIpc) is 1.62. The minimum absolute atomic E-state index is 0.000919. The van der Waals surface area contributed by atoms with Crippen LogP contribution >= 0.6 is 22.6 Å². The van der Waals surface area contributed by atoms with Crippen LogP contribution in [0.15, 0.2) is 101 Å². The van der Waals surface area contributed by atoms with Gasteiger partial charge in [0.05, 0.1) is 119 Å². The molecule has 22 nitrogen and oxygen atoms in total. The standard InChI is InChI=1S/C67H84IN5O17/c1-8-12-47-30-49-39-69-55-36-61(59(82-6)34-53(55)64(78)71(49)40-47)88-21-11-22-89-62-37-56-54(35-60(62)83-7)65(79)72-41-48(13-9-2)31-57(72)66(80)73(56)67(81)90-42-46-17-15-45(16-18-46)32-58(76)44(5)70-63(77)52(43(3)4)33-50(74)19-23-85-25-27-87-29-28-86-26-24-84-20-10-14-51(75)38-68/h8-9,12-13,15-18,34-37,39-41,43-44,49,52,57,66,80H,10-11,14,19-33,38,42H2,1-7H3,(H,70,77)/b12-8+,13-9+/t44-,49-,52-,57-,66-/m0/s1. The molecule has 90 heavy (non-hydrogen) atoms. The fourth-order valence-corrected chi connectivity index (χ4v) is 10.9. The summed E-state index contributed by atoms with van der Waals surface area (Å²) in [5.41, 5.74) is 3.96. The number of anilines is 1. The first kappa shape index (κ1) is 70.2. The van der Waals surface area contributed by atoms with Crippen LogP contribution in [0.2, 0.25) is 0 Å². The predicted molar refractivity (Wildman–Crippen MR) is 345 cm³/mol.